The van der Waals surface area contributed by atoms with E-state index in [0.29, 0.717) is 11.3 Å². The second-order valence-electron chi connectivity index (χ2n) is 4.35. The number of hydrogen-bond acceptors (Lipinski definition) is 0. The molecule has 1 radical (unpaired) electrons. The van der Waals surface area contributed by atoms with Gasteiger partial charge in [-0.05, 0) is 24.7 Å². The second kappa shape index (κ2) is 2.84. The van der Waals surface area contributed by atoms with E-state index in [1.54, 1.807) is 0 Å². The van der Waals surface area contributed by atoms with Crippen molar-refractivity contribution in [1.82, 2.24) is 0 Å². The first-order chi connectivity index (χ1) is 5.00. The van der Waals surface area contributed by atoms with E-state index in [-0.39, 0.29) is 0 Å². The second-order valence-corrected chi connectivity index (χ2v) is 4.35. The van der Waals surface area contributed by atoms with Gasteiger partial charge in [-0.1, -0.05) is 44.6 Å². The Hall–Kier alpha value is -0.520. The van der Waals surface area contributed by atoms with Gasteiger partial charge in [-0.15, -0.1) is 0 Å². The Bertz CT molecular complexity index is 189. The van der Waals surface area contributed by atoms with Crippen LogP contribution in [0.1, 0.15) is 27.7 Å². The summed E-state index contributed by atoms with van der Waals surface area (Å²) >= 11 is 0. The van der Waals surface area contributed by atoms with Gasteiger partial charge in [-0.2, -0.15) is 0 Å². The molecule has 0 saturated carbocycles. The molecule has 1 atom stereocenters. The lowest BCUT2D eigenvalue weighted by Gasteiger charge is -2.28. The number of hydrogen-bond donors (Lipinski definition) is 0. The summed E-state index contributed by atoms with van der Waals surface area (Å²) in [5.41, 5.74) is 1.72. The molecule has 0 fully saturated rings. The highest BCUT2D eigenvalue weighted by molar-refractivity contribution is 5.28. The maximum atomic E-state index is 2.29. The van der Waals surface area contributed by atoms with Gasteiger partial charge < -0.3 is 0 Å². The van der Waals surface area contributed by atoms with E-state index < -0.39 is 0 Å². The van der Waals surface area contributed by atoms with E-state index in [4.69, 9.17) is 0 Å². The van der Waals surface area contributed by atoms with Gasteiger partial charge >= 0.3 is 0 Å². The topological polar surface area (TPSA) is 0 Å². The largest absolute Gasteiger partial charge is 0.0800 e. The van der Waals surface area contributed by atoms with Crippen molar-refractivity contribution in [2.24, 2.45) is 11.3 Å². The molecule has 11 heavy (non-hydrogen) atoms. The molecule has 0 nitrogen and oxygen atoms in total. The van der Waals surface area contributed by atoms with Crippen LogP contribution in [0.15, 0.2) is 23.8 Å². The van der Waals surface area contributed by atoms with E-state index in [1.165, 1.54) is 5.57 Å². The minimum atomic E-state index is 0.369. The van der Waals surface area contributed by atoms with Crippen molar-refractivity contribution in [3.63, 3.8) is 0 Å². The Kier molecular flexibility index (Phi) is 2.22. The van der Waals surface area contributed by atoms with E-state index in [0.717, 1.165) is 0 Å². The van der Waals surface area contributed by atoms with Gasteiger partial charge in [0, 0.05) is 0 Å². The highest BCUT2D eigenvalue weighted by Crippen LogP contribution is 2.32. The molecule has 0 N–H and O–H groups in total. The molecule has 0 spiro atoms. The summed E-state index contributed by atoms with van der Waals surface area (Å²) in [6.07, 6.45) is 8.98. The Balaban J connectivity index is 2.63. The van der Waals surface area contributed by atoms with Crippen molar-refractivity contribution in [3.8, 4) is 0 Å². The molecule has 0 heterocycles. The molecule has 0 saturated heterocycles. The van der Waals surface area contributed by atoms with Crippen molar-refractivity contribution in [2.45, 2.75) is 27.7 Å². The smallest absolute Gasteiger partial charge is 0.00906 e. The molecular formula is C11H17. The van der Waals surface area contributed by atoms with Crippen LogP contribution in [0, 0.1) is 17.8 Å². The minimum absolute atomic E-state index is 0.369. The molecule has 0 aliphatic heterocycles. The molecule has 0 aromatic carbocycles. The van der Waals surface area contributed by atoms with Crippen LogP contribution in [0.2, 0.25) is 0 Å². The van der Waals surface area contributed by atoms with Gasteiger partial charge in [0.05, 0.1) is 0 Å². The van der Waals surface area contributed by atoms with Crippen molar-refractivity contribution in [2.75, 3.05) is 0 Å². The zero-order chi connectivity index (χ0) is 8.48. The Labute approximate surface area is 70.0 Å². The van der Waals surface area contributed by atoms with Crippen LogP contribution < -0.4 is 0 Å². The van der Waals surface area contributed by atoms with Crippen LogP contribution in [-0.4, -0.2) is 0 Å². The van der Waals surface area contributed by atoms with Crippen LogP contribution in [0.4, 0.5) is 0 Å². The van der Waals surface area contributed by atoms with E-state index >= 15 is 0 Å². The predicted molar refractivity (Wildman–Crippen MR) is 50.1 cm³/mol. The summed E-state index contributed by atoms with van der Waals surface area (Å²) in [5, 5.41) is 0. The molecule has 0 aromatic heterocycles. The summed E-state index contributed by atoms with van der Waals surface area (Å²) in [6.45, 7) is 8.94. The van der Waals surface area contributed by atoms with Crippen molar-refractivity contribution < 1.29 is 0 Å². The summed E-state index contributed by atoms with van der Waals surface area (Å²) in [4.78, 5) is 0. The van der Waals surface area contributed by atoms with Crippen LogP contribution in [0.5, 0.6) is 0 Å². The Morgan fingerprint density at radius 2 is 1.91 bits per heavy atom. The fourth-order valence-corrected chi connectivity index (χ4v) is 1.21. The summed E-state index contributed by atoms with van der Waals surface area (Å²) < 4.78 is 0. The molecule has 0 bridgehead atoms. The molecule has 1 unspecified atom stereocenters. The predicted octanol–water partition coefficient (Wildman–Crippen LogP) is 3.37. The average Bonchev–Trinajstić information content (AvgIpc) is 1.86. The molecular weight excluding hydrogens is 132 g/mol. The van der Waals surface area contributed by atoms with Crippen LogP contribution in [0.3, 0.4) is 0 Å². The van der Waals surface area contributed by atoms with Crippen LogP contribution in [0.25, 0.3) is 0 Å². The van der Waals surface area contributed by atoms with Crippen LogP contribution >= 0.6 is 0 Å². The van der Waals surface area contributed by atoms with E-state index in [2.05, 4.69) is 52.3 Å². The lowest BCUT2D eigenvalue weighted by Crippen LogP contribution is -2.19. The molecule has 0 amide bonds. The number of rotatable bonds is 0. The summed E-state index contributed by atoms with van der Waals surface area (Å²) in [5.74, 6) is 0.603. The zero-order valence-electron chi connectivity index (χ0n) is 7.89. The highest BCUT2D eigenvalue weighted by atomic mass is 14.3. The van der Waals surface area contributed by atoms with Gasteiger partial charge in [0.2, 0.25) is 0 Å². The molecule has 1 rings (SSSR count). The lowest BCUT2D eigenvalue weighted by atomic mass is 9.76. The van der Waals surface area contributed by atoms with Crippen molar-refractivity contribution in [3.05, 3.63) is 30.2 Å². The third-order valence-corrected chi connectivity index (χ3v) is 2.13. The summed E-state index contributed by atoms with van der Waals surface area (Å²) in [7, 11) is 0. The van der Waals surface area contributed by atoms with E-state index in [9.17, 15) is 0 Å². The maximum absolute atomic E-state index is 2.29. The molecule has 0 aromatic rings. The number of allylic oxidation sites excluding steroid dienone is 4. The molecule has 0 heteroatoms. The fourth-order valence-electron chi connectivity index (χ4n) is 1.21. The van der Waals surface area contributed by atoms with Gasteiger partial charge in [-0.3, -0.25) is 0 Å². The third kappa shape index (κ3) is 2.21. The highest BCUT2D eigenvalue weighted by Gasteiger charge is 2.22. The standard InChI is InChI=1S/C11H17/c1-9-5-7-10(8-6-9)11(2,3)4/h5-8,10H,1-4H3. The maximum Gasteiger partial charge on any atom is -0.00906 e. The Morgan fingerprint density at radius 1 is 1.27 bits per heavy atom. The SMILES string of the molecule is CC1=C[CH]C(C(C)(C)C)C=C1. The fraction of sp³-hybridized carbons (Fsp3) is 0.545. The Morgan fingerprint density at radius 3 is 2.27 bits per heavy atom. The summed E-state index contributed by atoms with van der Waals surface area (Å²) in [6, 6.07) is 0. The van der Waals surface area contributed by atoms with Gasteiger partial charge in [0.1, 0.15) is 0 Å². The zero-order valence-corrected chi connectivity index (χ0v) is 7.89. The van der Waals surface area contributed by atoms with Gasteiger partial charge in [0.25, 0.3) is 0 Å². The quantitative estimate of drug-likeness (QED) is 0.495. The lowest BCUT2D eigenvalue weighted by molar-refractivity contribution is 0.330. The third-order valence-electron chi connectivity index (χ3n) is 2.13. The van der Waals surface area contributed by atoms with Gasteiger partial charge in [0.15, 0.2) is 0 Å². The minimum Gasteiger partial charge on any atom is -0.0800 e. The first kappa shape index (κ1) is 8.58. The first-order valence-electron chi connectivity index (χ1n) is 4.20. The molecule has 1 aliphatic rings. The van der Waals surface area contributed by atoms with Gasteiger partial charge in [-0.25, -0.2) is 0 Å². The van der Waals surface area contributed by atoms with Crippen LogP contribution in [-0.2, 0) is 0 Å². The normalized spacial score (nSPS) is 25.1. The average molecular weight is 149 g/mol. The molecule has 1 aliphatic carbocycles. The first-order valence-corrected chi connectivity index (χ1v) is 4.20. The molecule has 61 valence electrons. The monoisotopic (exact) mass is 149 g/mol. The van der Waals surface area contributed by atoms with Crippen molar-refractivity contribution >= 4 is 0 Å². The van der Waals surface area contributed by atoms with E-state index in [1.807, 2.05) is 0 Å². The van der Waals surface area contributed by atoms with Crippen molar-refractivity contribution in [1.29, 1.82) is 0 Å².